The van der Waals surface area contributed by atoms with Crippen molar-refractivity contribution in [2.45, 2.75) is 11.4 Å². The molecular weight excluding hydrogens is 298 g/mol. The summed E-state index contributed by atoms with van der Waals surface area (Å²) < 4.78 is 24.7. The van der Waals surface area contributed by atoms with Crippen LogP contribution in [-0.4, -0.2) is 32.7 Å². The molecule has 0 unspecified atom stereocenters. The van der Waals surface area contributed by atoms with Crippen LogP contribution in [0.1, 0.15) is 5.82 Å². The highest BCUT2D eigenvalue weighted by Crippen LogP contribution is 2.07. The van der Waals surface area contributed by atoms with Crippen LogP contribution in [0.3, 0.4) is 0 Å². The van der Waals surface area contributed by atoms with E-state index in [1.165, 1.54) is 11.0 Å². The second-order valence-corrected chi connectivity index (χ2v) is 6.15. The predicted octanol–water partition coefficient (Wildman–Crippen LogP) is -1.36. The normalized spacial score (nSPS) is 11.7. The SMILES string of the molecule is Cn1ncnc1Cn1cc(S(=O)(=O)Cl)c(=O)[nH]c1=O. The highest BCUT2D eigenvalue weighted by atomic mass is 35.7. The Bertz CT molecular complexity index is 833. The molecular formula is C8H8ClN5O4S. The molecule has 19 heavy (non-hydrogen) atoms. The van der Waals surface area contributed by atoms with Crippen molar-refractivity contribution in [3.8, 4) is 0 Å². The number of aromatic nitrogens is 5. The molecule has 0 aliphatic carbocycles. The molecule has 0 spiro atoms. The molecule has 0 saturated carbocycles. The summed E-state index contributed by atoms with van der Waals surface area (Å²) in [4.78, 5) is 28.0. The Labute approximate surface area is 110 Å². The number of aromatic amines is 1. The molecule has 0 aliphatic rings. The van der Waals surface area contributed by atoms with Gasteiger partial charge in [0.15, 0.2) is 4.90 Å². The number of halogens is 1. The van der Waals surface area contributed by atoms with E-state index in [0.717, 1.165) is 10.8 Å². The van der Waals surface area contributed by atoms with Crippen molar-refractivity contribution in [2.24, 2.45) is 7.05 Å². The van der Waals surface area contributed by atoms with Gasteiger partial charge in [-0.3, -0.25) is 19.0 Å². The van der Waals surface area contributed by atoms with Gasteiger partial charge in [-0.05, 0) is 0 Å². The van der Waals surface area contributed by atoms with Gasteiger partial charge >= 0.3 is 5.69 Å². The standard InChI is InChI=1S/C8H8ClN5O4S/c1-13-6(10-4-11-13)3-14-2-5(19(9,17)18)7(15)12-8(14)16/h2,4H,3H2,1H3,(H,12,15,16). The largest absolute Gasteiger partial charge is 0.328 e. The van der Waals surface area contributed by atoms with Gasteiger partial charge in [0.25, 0.3) is 14.6 Å². The van der Waals surface area contributed by atoms with Crippen LogP contribution in [0, 0.1) is 0 Å². The maximum absolute atomic E-state index is 11.6. The van der Waals surface area contributed by atoms with E-state index in [2.05, 4.69) is 10.1 Å². The quantitative estimate of drug-likeness (QED) is 0.699. The van der Waals surface area contributed by atoms with Crippen LogP contribution in [0.4, 0.5) is 0 Å². The van der Waals surface area contributed by atoms with Crippen molar-refractivity contribution in [2.75, 3.05) is 0 Å². The molecule has 2 heterocycles. The summed E-state index contributed by atoms with van der Waals surface area (Å²) in [6.45, 7) is -0.0501. The maximum atomic E-state index is 11.6. The van der Waals surface area contributed by atoms with Crippen LogP contribution in [0.25, 0.3) is 0 Å². The van der Waals surface area contributed by atoms with E-state index in [1.807, 2.05) is 4.98 Å². The zero-order valence-electron chi connectivity index (χ0n) is 9.57. The number of hydrogen-bond donors (Lipinski definition) is 1. The van der Waals surface area contributed by atoms with E-state index < -0.39 is 25.2 Å². The average molecular weight is 306 g/mol. The summed E-state index contributed by atoms with van der Waals surface area (Å²) in [5.74, 6) is 0.409. The maximum Gasteiger partial charge on any atom is 0.328 e. The third kappa shape index (κ3) is 2.74. The first-order valence-corrected chi connectivity index (χ1v) is 7.21. The molecule has 0 radical (unpaired) electrons. The Balaban J connectivity index is 2.56. The van der Waals surface area contributed by atoms with E-state index >= 15 is 0 Å². The Morgan fingerprint density at radius 1 is 1.42 bits per heavy atom. The predicted molar refractivity (Wildman–Crippen MR) is 64.5 cm³/mol. The second kappa shape index (κ2) is 4.63. The lowest BCUT2D eigenvalue weighted by Gasteiger charge is -2.05. The van der Waals surface area contributed by atoms with E-state index in [-0.39, 0.29) is 6.54 Å². The lowest BCUT2D eigenvalue weighted by Crippen LogP contribution is -2.33. The van der Waals surface area contributed by atoms with Crippen LogP contribution >= 0.6 is 10.7 Å². The first-order valence-electron chi connectivity index (χ1n) is 4.90. The summed E-state index contributed by atoms with van der Waals surface area (Å²) in [6.07, 6.45) is 2.16. The van der Waals surface area contributed by atoms with Crippen LogP contribution in [0.2, 0.25) is 0 Å². The fourth-order valence-electron chi connectivity index (χ4n) is 1.40. The third-order valence-corrected chi connectivity index (χ3v) is 3.67. The first-order chi connectivity index (χ1) is 8.79. The number of rotatable bonds is 3. The number of H-pyrrole nitrogens is 1. The number of aryl methyl sites for hydroxylation is 1. The van der Waals surface area contributed by atoms with Gasteiger partial charge in [0.1, 0.15) is 12.2 Å². The van der Waals surface area contributed by atoms with Gasteiger partial charge in [-0.1, -0.05) is 0 Å². The van der Waals surface area contributed by atoms with Crippen molar-refractivity contribution >= 4 is 19.7 Å². The van der Waals surface area contributed by atoms with Gasteiger partial charge in [0, 0.05) is 23.9 Å². The van der Waals surface area contributed by atoms with Crippen LogP contribution in [0.5, 0.6) is 0 Å². The molecule has 0 bridgehead atoms. The highest BCUT2D eigenvalue weighted by Gasteiger charge is 2.17. The van der Waals surface area contributed by atoms with Crippen LogP contribution < -0.4 is 11.2 Å². The fourth-order valence-corrected chi connectivity index (χ4v) is 2.25. The molecule has 0 aliphatic heterocycles. The molecule has 9 nitrogen and oxygen atoms in total. The summed E-state index contributed by atoms with van der Waals surface area (Å²) in [5.41, 5.74) is -1.83. The summed E-state index contributed by atoms with van der Waals surface area (Å²) in [6, 6.07) is 0. The summed E-state index contributed by atoms with van der Waals surface area (Å²) in [5, 5.41) is 3.81. The van der Waals surface area contributed by atoms with Gasteiger partial charge in [-0.2, -0.15) is 5.10 Å². The lowest BCUT2D eigenvalue weighted by atomic mass is 10.5. The molecule has 1 N–H and O–H groups in total. The van der Waals surface area contributed by atoms with Crippen molar-refractivity contribution in [3.63, 3.8) is 0 Å². The van der Waals surface area contributed by atoms with Crippen molar-refractivity contribution in [3.05, 3.63) is 39.2 Å². The van der Waals surface area contributed by atoms with Gasteiger partial charge in [-0.25, -0.2) is 18.2 Å². The van der Waals surface area contributed by atoms with E-state index in [4.69, 9.17) is 10.7 Å². The van der Waals surface area contributed by atoms with Gasteiger partial charge in [0.05, 0.1) is 6.54 Å². The lowest BCUT2D eigenvalue weighted by molar-refractivity contribution is 0.596. The molecule has 0 atom stereocenters. The average Bonchev–Trinajstić information content (AvgIpc) is 2.66. The Morgan fingerprint density at radius 2 is 2.11 bits per heavy atom. The summed E-state index contributed by atoms with van der Waals surface area (Å²) in [7, 11) is 2.48. The van der Waals surface area contributed by atoms with Crippen molar-refractivity contribution in [1.82, 2.24) is 24.3 Å². The first kappa shape index (κ1) is 13.5. The minimum atomic E-state index is -4.24. The van der Waals surface area contributed by atoms with Crippen molar-refractivity contribution in [1.29, 1.82) is 0 Å². The molecule has 102 valence electrons. The van der Waals surface area contributed by atoms with Crippen LogP contribution in [-0.2, 0) is 22.6 Å². The Kier molecular flexibility index (Phi) is 3.28. The highest BCUT2D eigenvalue weighted by molar-refractivity contribution is 8.13. The number of hydrogen-bond acceptors (Lipinski definition) is 6. The molecule has 0 amide bonds. The van der Waals surface area contributed by atoms with Gasteiger partial charge in [0.2, 0.25) is 0 Å². The zero-order chi connectivity index (χ0) is 14.2. The third-order valence-electron chi connectivity index (χ3n) is 2.36. The van der Waals surface area contributed by atoms with Gasteiger partial charge < -0.3 is 0 Å². The van der Waals surface area contributed by atoms with E-state index in [9.17, 15) is 18.0 Å². The molecule has 0 fully saturated rings. The van der Waals surface area contributed by atoms with Gasteiger partial charge in [-0.15, -0.1) is 0 Å². The van der Waals surface area contributed by atoms with Crippen molar-refractivity contribution < 1.29 is 8.42 Å². The summed E-state index contributed by atoms with van der Waals surface area (Å²) >= 11 is 0. The second-order valence-electron chi connectivity index (χ2n) is 3.62. The molecule has 0 aromatic carbocycles. The van der Waals surface area contributed by atoms with E-state index in [0.29, 0.717) is 5.82 Å². The number of nitrogens with zero attached hydrogens (tertiary/aromatic N) is 4. The molecule has 2 aromatic heterocycles. The van der Waals surface area contributed by atoms with E-state index in [1.54, 1.807) is 7.05 Å². The molecule has 2 aromatic rings. The monoisotopic (exact) mass is 305 g/mol. The number of nitrogens with one attached hydrogen (secondary N) is 1. The Morgan fingerprint density at radius 3 is 2.63 bits per heavy atom. The zero-order valence-corrected chi connectivity index (χ0v) is 11.1. The molecule has 11 heteroatoms. The fraction of sp³-hybridized carbons (Fsp3) is 0.250. The topological polar surface area (TPSA) is 120 Å². The smallest absolute Gasteiger partial charge is 0.292 e. The molecule has 2 rings (SSSR count). The minimum Gasteiger partial charge on any atom is -0.292 e. The Hall–Kier alpha value is -1.94. The minimum absolute atomic E-state index is 0.0501. The molecule has 0 saturated heterocycles. The van der Waals surface area contributed by atoms with Crippen LogP contribution in [0.15, 0.2) is 27.0 Å².